The van der Waals surface area contributed by atoms with Gasteiger partial charge in [-0.25, -0.2) is 0 Å². The summed E-state index contributed by atoms with van der Waals surface area (Å²) in [7, 11) is 0. The number of fused-ring (bicyclic) bond motifs is 2. The first-order valence-corrected chi connectivity index (χ1v) is 4.77. The third-order valence-electron chi connectivity index (χ3n) is 3.60. The van der Waals surface area contributed by atoms with Crippen LogP contribution in [0.15, 0.2) is 0 Å². The lowest BCUT2D eigenvalue weighted by atomic mass is 9.84. The summed E-state index contributed by atoms with van der Waals surface area (Å²) in [6, 6.07) is 0.522. The summed E-state index contributed by atoms with van der Waals surface area (Å²) in [6.45, 7) is 0.864. The van der Waals surface area contributed by atoms with Gasteiger partial charge in [-0.3, -0.25) is 0 Å². The lowest BCUT2D eigenvalue weighted by Crippen LogP contribution is -2.30. The predicted molar refractivity (Wildman–Crippen MR) is 46.0 cm³/mol. The summed E-state index contributed by atoms with van der Waals surface area (Å²) in [5, 5.41) is 0. The van der Waals surface area contributed by atoms with Crippen molar-refractivity contribution in [1.29, 1.82) is 0 Å². The minimum atomic E-state index is 0.522. The Kier molecular flexibility index (Phi) is 1.90. The molecule has 0 aliphatic heterocycles. The monoisotopic (exact) mass is 154 g/mol. The van der Waals surface area contributed by atoms with Crippen molar-refractivity contribution < 1.29 is 0 Å². The SMILES string of the molecule is NCCC1CC2CC1CC2N. The van der Waals surface area contributed by atoms with Gasteiger partial charge in [0.15, 0.2) is 0 Å². The fourth-order valence-corrected chi connectivity index (χ4v) is 3.01. The zero-order valence-electron chi connectivity index (χ0n) is 7.00. The largest absolute Gasteiger partial charge is 0.330 e. The molecule has 0 saturated heterocycles. The lowest BCUT2D eigenvalue weighted by molar-refractivity contribution is 0.294. The van der Waals surface area contributed by atoms with Crippen LogP contribution >= 0.6 is 0 Å². The van der Waals surface area contributed by atoms with E-state index in [1.807, 2.05) is 0 Å². The second-order valence-corrected chi connectivity index (χ2v) is 4.23. The number of hydrogen-bond donors (Lipinski definition) is 2. The molecule has 0 radical (unpaired) electrons. The second-order valence-electron chi connectivity index (χ2n) is 4.23. The van der Waals surface area contributed by atoms with Gasteiger partial charge in [0.2, 0.25) is 0 Å². The molecule has 2 bridgehead atoms. The van der Waals surface area contributed by atoms with E-state index in [0.717, 1.165) is 24.3 Å². The van der Waals surface area contributed by atoms with Crippen molar-refractivity contribution in [2.75, 3.05) is 6.54 Å². The summed E-state index contributed by atoms with van der Waals surface area (Å²) in [5.74, 6) is 2.69. The van der Waals surface area contributed by atoms with E-state index < -0.39 is 0 Å². The Hall–Kier alpha value is -0.0800. The van der Waals surface area contributed by atoms with Crippen LogP contribution in [0.5, 0.6) is 0 Å². The number of hydrogen-bond acceptors (Lipinski definition) is 2. The Bertz CT molecular complexity index is 144. The van der Waals surface area contributed by atoms with Crippen LogP contribution in [0.2, 0.25) is 0 Å². The third-order valence-corrected chi connectivity index (χ3v) is 3.60. The van der Waals surface area contributed by atoms with Crippen molar-refractivity contribution in [3.8, 4) is 0 Å². The second kappa shape index (κ2) is 2.76. The molecule has 2 aliphatic rings. The molecule has 0 amide bonds. The Labute approximate surface area is 68.3 Å². The zero-order chi connectivity index (χ0) is 7.84. The van der Waals surface area contributed by atoms with Crippen LogP contribution in [0.1, 0.15) is 25.7 Å². The normalized spacial score (nSPS) is 48.5. The molecule has 2 nitrogen and oxygen atoms in total. The Balaban J connectivity index is 1.92. The number of rotatable bonds is 2. The van der Waals surface area contributed by atoms with Crippen molar-refractivity contribution in [3.05, 3.63) is 0 Å². The molecule has 2 rings (SSSR count). The Morgan fingerprint density at radius 3 is 2.36 bits per heavy atom. The quantitative estimate of drug-likeness (QED) is 0.615. The topological polar surface area (TPSA) is 52.0 Å². The van der Waals surface area contributed by atoms with E-state index in [0.29, 0.717) is 6.04 Å². The van der Waals surface area contributed by atoms with Gasteiger partial charge in [-0.2, -0.15) is 0 Å². The molecule has 11 heavy (non-hydrogen) atoms. The summed E-state index contributed by atoms with van der Waals surface area (Å²) >= 11 is 0. The predicted octanol–water partition coefficient (Wildman–Crippen LogP) is 0.709. The minimum absolute atomic E-state index is 0.522. The molecule has 0 aromatic rings. The molecule has 0 aromatic carbocycles. The maximum Gasteiger partial charge on any atom is 0.00701 e. The van der Waals surface area contributed by atoms with Crippen LogP contribution in [0, 0.1) is 17.8 Å². The molecular formula is C9H18N2. The maximum atomic E-state index is 5.95. The summed E-state index contributed by atoms with van der Waals surface area (Å²) in [6.07, 6.45) is 5.26. The van der Waals surface area contributed by atoms with Gasteiger partial charge in [-0.1, -0.05) is 0 Å². The average molecular weight is 154 g/mol. The van der Waals surface area contributed by atoms with Gasteiger partial charge in [0.05, 0.1) is 0 Å². The molecule has 0 spiro atoms. The van der Waals surface area contributed by atoms with Crippen LogP contribution in [-0.2, 0) is 0 Å². The van der Waals surface area contributed by atoms with Gasteiger partial charge in [-0.05, 0) is 50.0 Å². The summed E-state index contributed by atoms with van der Waals surface area (Å²) in [5.41, 5.74) is 11.5. The first-order valence-electron chi connectivity index (χ1n) is 4.77. The van der Waals surface area contributed by atoms with Crippen molar-refractivity contribution in [1.82, 2.24) is 0 Å². The molecule has 4 unspecified atom stereocenters. The molecule has 4 atom stereocenters. The first-order chi connectivity index (χ1) is 5.31. The van der Waals surface area contributed by atoms with E-state index >= 15 is 0 Å². The van der Waals surface area contributed by atoms with E-state index in [1.165, 1.54) is 25.7 Å². The molecule has 2 fully saturated rings. The van der Waals surface area contributed by atoms with Crippen molar-refractivity contribution in [2.24, 2.45) is 29.2 Å². The zero-order valence-corrected chi connectivity index (χ0v) is 7.00. The van der Waals surface area contributed by atoms with Gasteiger partial charge < -0.3 is 11.5 Å². The van der Waals surface area contributed by atoms with Crippen LogP contribution in [-0.4, -0.2) is 12.6 Å². The van der Waals surface area contributed by atoms with Gasteiger partial charge in [0, 0.05) is 6.04 Å². The fraction of sp³-hybridized carbons (Fsp3) is 1.00. The summed E-state index contributed by atoms with van der Waals surface area (Å²) < 4.78 is 0. The third kappa shape index (κ3) is 1.18. The van der Waals surface area contributed by atoms with E-state index in [2.05, 4.69) is 0 Å². The lowest BCUT2D eigenvalue weighted by Gasteiger charge is -2.24. The summed E-state index contributed by atoms with van der Waals surface area (Å²) in [4.78, 5) is 0. The highest BCUT2D eigenvalue weighted by Gasteiger charge is 2.43. The van der Waals surface area contributed by atoms with Crippen molar-refractivity contribution >= 4 is 0 Å². The molecule has 0 heterocycles. The van der Waals surface area contributed by atoms with Gasteiger partial charge in [0.25, 0.3) is 0 Å². The van der Waals surface area contributed by atoms with E-state index in [-0.39, 0.29) is 0 Å². The van der Waals surface area contributed by atoms with Gasteiger partial charge in [-0.15, -0.1) is 0 Å². The molecular weight excluding hydrogens is 136 g/mol. The molecule has 0 aromatic heterocycles. The van der Waals surface area contributed by atoms with Crippen LogP contribution < -0.4 is 11.5 Å². The van der Waals surface area contributed by atoms with Crippen molar-refractivity contribution in [3.63, 3.8) is 0 Å². The Morgan fingerprint density at radius 2 is 1.91 bits per heavy atom. The molecule has 2 heteroatoms. The molecule has 64 valence electrons. The first kappa shape index (κ1) is 7.56. The maximum absolute atomic E-state index is 5.95. The highest BCUT2D eigenvalue weighted by Crippen LogP contribution is 2.48. The van der Waals surface area contributed by atoms with E-state index in [9.17, 15) is 0 Å². The molecule has 2 saturated carbocycles. The van der Waals surface area contributed by atoms with Gasteiger partial charge in [0.1, 0.15) is 0 Å². The Morgan fingerprint density at radius 1 is 1.09 bits per heavy atom. The van der Waals surface area contributed by atoms with E-state index in [1.54, 1.807) is 0 Å². The molecule has 2 aliphatic carbocycles. The molecule has 4 N–H and O–H groups in total. The average Bonchev–Trinajstić information content (AvgIpc) is 2.47. The van der Waals surface area contributed by atoms with Gasteiger partial charge >= 0.3 is 0 Å². The highest BCUT2D eigenvalue weighted by molar-refractivity contribution is 4.96. The van der Waals surface area contributed by atoms with Crippen LogP contribution in [0.4, 0.5) is 0 Å². The van der Waals surface area contributed by atoms with Crippen molar-refractivity contribution in [2.45, 2.75) is 31.7 Å². The minimum Gasteiger partial charge on any atom is -0.330 e. The smallest absolute Gasteiger partial charge is 0.00701 e. The highest BCUT2D eigenvalue weighted by atomic mass is 14.7. The number of nitrogens with two attached hydrogens (primary N) is 2. The van der Waals surface area contributed by atoms with Crippen LogP contribution in [0.3, 0.4) is 0 Å². The van der Waals surface area contributed by atoms with E-state index in [4.69, 9.17) is 11.5 Å². The standard InChI is InChI=1S/C9H18N2/c10-2-1-6-3-8-4-7(6)5-9(8)11/h6-9H,1-5,10-11H2. The fourth-order valence-electron chi connectivity index (χ4n) is 3.01. The van der Waals surface area contributed by atoms with Crippen LogP contribution in [0.25, 0.3) is 0 Å².